The van der Waals surface area contributed by atoms with Crippen LogP contribution in [0, 0.1) is 17.0 Å². The van der Waals surface area contributed by atoms with Crippen molar-refractivity contribution in [2.45, 2.75) is 6.92 Å². The van der Waals surface area contributed by atoms with Crippen LogP contribution in [0.2, 0.25) is 5.02 Å². The third-order valence-corrected chi connectivity index (χ3v) is 2.34. The lowest BCUT2D eigenvalue weighted by Crippen LogP contribution is -2.11. The summed E-state index contributed by atoms with van der Waals surface area (Å²) < 4.78 is 0. The fourth-order valence-electron chi connectivity index (χ4n) is 1.16. The second-order valence-corrected chi connectivity index (χ2v) is 3.65. The van der Waals surface area contributed by atoms with Crippen LogP contribution >= 0.6 is 11.6 Å². The first-order chi connectivity index (χ1) is 6.43. The van der Waals surface area contributed by atoms with E-state index in [9.17, 15) is 10.1 Å². The number of hydrogen-bond donors (Lipinski definition) is 0. The molecule has 0 unspecified atom stereocenters. The Morgan fingerprint density at radius 2 is 2.00 bits per heavy atom. The molecule has 1 aromatic carbocycles. The summed E-state index contributed by atoms with van der Waals surface area (Å²) in [5.74, 6) is 0. The Bertz CT molecular complexity index is 377. The number of halogens is 1. The van der Waals surface area contributed by atoms with Gasteiger partial charge >= 0.3 is 0 Å². The summed E-state index contributed by atoms with van der Waals surface area (Å²) in [6.45, 7) is 1.74. The highest BCUT2D eigenvalue weighted by Crippen LogP contribution is 2.32. The van der Waals surface area contributed by atoms with Gasteiger partial charge in [-0.15, -0.1) is 0 Å². The third-order valence-electron chi connectivity index (χ3n) is 1.93. The van der Waals surface area contributed by atoms with Gasteiger partial charge in [-0.3, -0.25) is 10.1 Å². The van der Waals surface area contributed by atoms with E-state index in [1.807, 2.05) is 0 Å². The van der Waals surface area contributed by atoms with Crippen LogP contribution in [0.5, 0.6) is 0 Å². The summed E-state index contributed by atoms with van der Waals surface area (Å²) in [5, 5.41) is 11.3. The lowest BCUT2D eigenvalue weighted by atomic mass is 10.2. The topological polar surface area (TPSA) is 46.4 Å². The van der Waals surface area contributed by atoms with Gasteiger partial charge in [-0.25, -0.2) is 0 Å². The summed E-state index contributed by atoms with van der Waals surface area (Å²) in [6, 6.07) is 3.09. The van der Waals surface area contributed by atoms with Crippen LogP contribution in [0.25, 0.3) is 0 Å². The predicted molar refractivity (Wildman–Crippen MR) is 57.2 cm³/mol. The van der Waals surface area contributed by atoms with Crippen molar-refractivity contribution in [1.29, 1.82) is 0 Å². The maximum atomic E-state index is 10.7. The lowest BCUT2D eigenvalue weighted by molar-refractivity contribution is -0.384. The van der Waals surface area contributed by atoms with E-state index < -0.39 is 4.92 Å². The summed E-state index contributed by atoms with van der Waals surface area (Å²) in [4.78, 5) is 12.0. The Labute approximate surface area is 87.2 Å². The average molecular weight is 215 g/mol. The highest BCUT2D eigenvalue weighted by molar-refractivity contribution is 6.31. The van der Waals surface area contributed by atoms with E-state index in [0.29, 0.717) is 16.3 Å². The molecule has 0 spiro atoms. The number of hydrogen-bond acceptors (Lipinski definition) is 3. The molecule has 4 nitrogen and oxygen atoms in total. The molecule has 0 aliphatic carbocycles. The highest BCUT2D eigenvalue weighted by Gasteiger charge is 2.17. The van der Waals surface area contributed by atoms with E-state index in [-0.39, 0.29) is 5.69 Å². The van der Waals surface area contributed by atoms with Crippen LogP contribution in [0.1, 0.15) is 5.56 Å². The molecule has 0 radical (unpaired) electrons. The fraction of sp³-hybridized carbons (Fsp3) is 0.333. The Hall–Kier alpha value is -1.29. The van der Waals surface area contributed by atoms with Gasteiger partial charge in [0.2, 0.25) is 0 Å². The molecule has 0 aliphatic rings. The molecule has 0 saturated carbocycles. The van der Waals surface area contributed by atoms with Crippen LogP contribution in [0.15, 0.2) is 12.1 Å². The maximum absolute atomic E-state index is 10.7. The molecule has 76 valence electrons. The standard InChI is InChI=1S/C9H11ClN2O2/c1-6-4-9(12(13)14)8(11(2)3)5-7(6)10/h4-5H,1-3H3. The van der Waals surface area contributed by atoms with E-state index in [0.717, 1.165) is 0 Å². The SMILES string of the molecule is Cc1cc([N+](=O)[O-])c(N(C)C)cc1Cl. The zero-order valence-electron chi connectivity index (χ0n) is 8.24. The van der Waals surface area contributed by atoms with Crippen molar-refractivity contribution in [3.63, 3.8) is 0 Å². The molecule has 1 rings (SSSR count). The van der Waals surface area contributed by atoms with Crippen molar-refractivity contribution in [3.8, 4) is 0 Å². The van der Waals surface area contributed by atoms with Crippen molar-refractivity contribution in [1.82, 2.24) is 0 Å². The van der Waals surface area contributed by atoms with Gasteiger partial charge in [0.05, 0.1) is 4.92 Å². The maximum Gasteiger partial charge on any atom is 0.292 e. The molecular weight excluding hydrogens is 204 g/mol. The third kappa shape index (κ3) is 1.96. The number of aryl methyl sites for hydroxylation is 1. The fourth-order valence-corrected chi connectivity index (χ4v) is 1.32. The van der Waals surface area contributed by atoms with Crippen molar-refractivity contribution in [2.24, 2.45) is 0 Å². The van der Waals surface area contributed by atoms with E-state index in [2.05, 4.69) is 0 Å². The van der Waals surface area contributed by atoms with Crippen LogP contribution in [-0.4, -0.2) is 19.0 Å². The van der Waals surface area contributed by atoms with Gasteiger partial charge in [0.15, 0.2) is 0 Å². The van der Waals surface area contributed by atoms with Gasteiger partial charge in [-0.2, -0.15) is 0 Å². The molecule has 0 amide bonds. The van der Waals surface area contributed by atoms with Gasteiger partial charge in [-0.1, -0.05) is 11.6 Å². The van der Waals surface area contributed by atoms with Crippen molar-refractivity contribution >= 4 is 23.0 Å². The summed E-state index contributed by atoms with van der Waals surface area (Å²) in [7, 11) is 3.49. The Kier molecular flexibility index (Phi) is 2.96. The lowest BCUT2D eigenvalue weighted by Gasteiger charge is -2.13. The number of nitro groups is 1. The van der Waals surface area contributed by atoms with Crippen LogP contribution in [0.4, 0.5) is 11.4 Å². The molecule has 0 bridgehead atoms. The predicted octanol–water partition coefficient (Wildman–Crippen LogP) is 2.62. The molecule has 0 atom stereocenters. The molecule has 1 aromatic rings. The molecule has 5 heteroatoms. The molecule has 0 aromatic heterocycles. The zero-order valence-corrected chi connectivity index (χ0v) is 9.00. The van der Waals surface area contributed by atoms with Crippen LogP contribution < -0.4 is 4.90 Å². The zero-order chi connectivity index (χ0) is 10.9. The number of anilines is 1. The first-order valence-corrected chi connectivity index (χ1v) is 4.43. The Balaban J connectivity index is 3.39. The minimum Gasteiger partial charge on any atom is -0.372 e. The largest absolute Gasteiger partial charge is 0.372 e. The summed E-state index contributed by atoms with van der Waals surface area (Å²) in [5.41, 5.74) is 1.31. The number of rotatable bonds is 2. The minimum atomic E-state index is -0.404. The Morgan fingerprint density at radius 3 is 2.43 bits per heavy atom. The van der Waals surface area contributed by atoms with E-state index in [1.165, 1.54) is 6.07 Å². The van der Waals surface area contributed by atoms with E-state index in [4.69, 9.17) is 11.6 Å². The molecule has 0 fully saturated rings. The molecule has 14 heavy (non-hydrogen) atoms. The quantitative estimate of drug-likeness (QED) is 0.562. The highest BCUT2D eigenvalue weighted by atomic mass is 35.5. The Morgan fingerprint density at radius 1 is 1.43 bits per heavy atom. The molecule has 0 heterocycles. The first kappa shape index (κ1) is 10.8. The van der Waals surface area contributed by atoms with Gasteiger partial charge in [0, 0.05) is 25.2 Å². The van der Waals surface area contributed by atoms with Gasteiger partial charge < -0.3 is 4.90 Å². The van der Waals surface area contributed by atoms with Gasteiger partial charge in [0.1, 0.15) is 5.69 Å². The second-order valence-electron chi connectivity index (χ2n) is 3.24. The van der Waals surface area contributed by atoms with Crippen LogP contribution in [0.3, 0.4) is 0 Å². The number of nitro benzene ring substituents is 1. The summed E-state index contributed by atoms with van der Waals surface area (Å²) in [6.07, 6.45) is 0. The van der Waals surface area contributed by atoms with Gasteiger partial charge in [-0.05, 0) is 18.6 Å². The molecular formula is C9H11ClN2O2. The molecule has 0 N–H and O–H groups in total. The van der Waals surface area contributed by atoms with Crippen LogP contribution in [-0.2, 0) is 0 Å². The van der Waals surface area contributed by atoms with E-state index >= 15 is 0 Å². The van der Waals surface area contributed by atoms with Crippen molar-refractivity contribution in [2.75, 3.05) is 19.0 Å². The monoisotopic (exact) mass is 214 g/mol. The normalized spacial score (nSPS) is 10.0. The minimum absolute atomic E-state index is 0.0805. The smallest absolute Gasteiger partial charge is 0.292 e. The average Bonchev–Trinajstić information content (AvgIpc) is 2.08. The van der Waals surface area contributed by atoms with E-state index in [1.54, 1.807) is 32.0 Å². The second kappa shape index (κ2) is 3.84. The number of nitrogens with zero attached hydrogens (tertiary/aromatic N) is 2. The van der Waals surface area contributed by atoms with Crippen molar-refractivity contribution < 1.29 is 4.92 Å². The number of benzene rings is 1. The molecule has 0 saturated heterocycles. The first-order valence-electron chi connectivity index (χ1n) is 4.05. The van der Waals surface area contributed by atoms with Gasteiger partial charge in [0.25, 0.3) is 5.69 Å². The van der Waals surface area contributed by atoms with Crippen molar-refractivity contribution in [3.05, 3.63) is 32.8 Å². The molecule has 0 aliphatic heterocycles. The summed E-state index contributed by atoms with van der Waals surface area (Å²) >= 11 is 5.89.